The molecule has 0 spiro atoms. The van der Waals surface area contributed by atoms with Crippen molar-refractivity contribution in [2.24, 2.45) is 0 Å². The molecular formula is C16H16N2S. The van der Waals surface area contributed by atoms with Crippen molar-refractivity contribution in [3.8, 4) is 6.07 Å². The molecule has 96 valence electrons. The van der Waals surface area contributed by atoms with Crippen molar-refractivity contribution in [1.82, 2.24) is 4.98 Å². The molecule has 0 atom stereocenters. The highest BCUT2D eigenvalue weighted by Crippen LogP contribution is 2.34. The highest BCUT2D eigenvalue weighted by Gasteiger charge is 2.16. The molecule has 2 nitrogen and oxygen atoms in total. The molecule has 2 aromatic rings. The number of nitrogens with zero attached hydrogens (tertiary/aromatic N) is 2. The molecule has 1 aromatic heterocycles. The lowest BCUT2D eigenvalue weighted by Crippen LogP contribution is -2.08. The van der Waals surface area contributed by atoms with Gasteiger partial charge in [-0.3, -0.25) is 0 Å². The van der Waals surface area contributed by atoms with Crippen LogP contribution in [0, 0.1) is 11.3 Å². The molecule has 1 aliphatic carbocycles. The van der Waals surface area contributed by atoms with Gasteiger partial charge in [-0.05, 0) is 25.0 Å². The van der Waals surface area contributed by atoms with Crippen molar-refractivity contribution >= 4 is 22.7 Å². The van der Waals surface area contributed by atoms with Gasteiger partial charge in [0.2, 0.25) is 0 Å². The van der Waals surface area contributed by atoms with E-state index in [-0.39, 0.29) is 0 Å². The molecule has 3 rings (SSSR count). The second-order valence-corrected chi connectivity index (χ2v) is 6.34. The Labute approximate surface area is 117 Å². The maximum atomic E-state index is 9.28. The monoisotopic (exact) mass is 268 g/mol. The maximum absolute atomic E-state index is 9.28. The van der Waals surface area contributed by atoms with Crippen molar-refractivity contribution in [3.05, 3.63) is 35.9 Å². The number of nitriles is 1. The van der Waals surface area contributed by atoms with Crippen molar-refractivity contribution < 1.29 is 0 Å². The maximum Gasteiger partial charge on any atom is 0.0999 e. The third-order valence-corrected chi connectivity index (χ3v) is 4.91. The summed E-state index contributed by atoms with van der Waals surface area (Å²) in [5.41, 5.74) is 1.67. The van der Waals surface area contributed by atoms with Crippen LogP contribution < -0.4 is 0 Å². The fraction of sp³-hybridized carbons (Fsp3) is 0.375. The third kappa shape index (κ3) is 2.74. The Bertz CT molecular complexity index is 624. The van der Waals surface area contributed by atoms with Crippen LogP contribution in [-0.4, -0.2) is 10.2 Å². The van der Waals surface area contributed by atoms with Gasteiger partial charge in [-0.2, -0.15) is 5.26 Å². The van der Waals surface area contributed by atoms with Crippen molar-refractivity contribution in [3.63, 3.8) is 0 Å². The van der Waals surface area contributed by atoms with Gasteiger partial charge in [0.1, 0.15) is 0 Å². The predicted octanol–water partition coefficient (Wildman–Crippen LogP) is 4.53. The molecule has 0 unspecified atom stereocenters. The SMILES string of the molecule is N#Cc1cc(SC2CCCCC2)nc2ccccc12. The van der Waals surface area contributed by atoms with E-state index in [0.29, 0.717) is 5.25 Å². The molecule has 0 amide bonds. The fourth-order valence-electron chi connectivity index (χ4n) is 2.66. The zero-order valence-corrected chi connectivity index (χ0v) is 11.6. The van der Waals surface area contributed by atoms with Crippen LogP contribution in [0.5, 0.6) is 0 Å². The van der Waals surface area contributed by atoms with Crippen molar-refractivity contribution in [2.45, 2.75) is 42.4 Å². The van der Waals surface area contributed by atoms with Gasteiger partial charge in [-0.1, -0.05) is 37.5 Å². The molecule has 1 heterocycles. The molecule has 1 saturated carbocycles. The Morgan fingerprint density at radius 2 is 1.95 bits per heavy atom. The minimum Gasteiger partial charge on any atom is -0.241 e. The number of fused-ring (bicyclic) bond motifs is 1. The van der Waals surface area contributed by atoms with Gasteiger partial charge in [-0.15, -0.1) is 11.8 Å². The molecule has 0 radical (unpaired) electrons. The molecule has 1 aromatic carbocycles. The Kier molecular flexibility index (Phi) is 3.70. The number of para-hydroxylation sites is 1. The first-order valence-corrected chi connectivity index (χ1v) is 7.71. The normalized spacial score (nSPS) is 16.4. The van der Waals surface area contributed by atoms with Crippen LogP contribution in [0.15, 0.2) is 35.4 Å². The molecule has 1 fully saturated rings. The van der Waals surface area contributed by atoms with E-state index in [9.17, 15) is 5.26 Å². The van der Waals surface area contributed by atoms with Crippen LogP contribution in [0.2, 0.25) is 0 Å². The van der Waals surface area contributed by atoms with E-state index in [1.165, 1.54) is 32.1 Å². The van der Waals surface area contributed by atoms with Gasteiger partial charge in [0.15, 0.2) is 0 Å². The number of aromatic nitrogens is 1. The largest absolute Gasteiger partial charge is 0.241 e. The number of hydrogen-bond acceptors (Lipinski definition) is 3. The van der Waals surface area contributed by atoms with Crippen LogP contribution in [0.1, 0.15) is 37.7 Å². The zero-order valence-electron chi connectivity index (χ0n) is 10.8. The third-order valence-electron chi connectivity index (χ3n) is 3.65. The van der Waals surface area contributed by atoms with Crippen LogP contribution >= 0.6 is 11.8 Å². The smallest absolute Gasteiger partial charge is 0.0999 e. The van der Waals surface area contributed by atoms with Gasteiger partial charge in [0.25, 0.3) is 0 Å². The zero-order chi connectivity index (χ0) is 13.1. The number of benzene rings is 1. The lowest BCUT2D eigenvalue weighted by molar-refractivity contribution is 0.516. The average Bonchev–Trinajstić information content (AvgIpc) is 2.47. The number of hydrogen-bond donors (Lipinski definition) is 0. The van der Waals surface area contributed by atoms with Gasteiger partial charge < -0.3 is 0 Å². The van der Waals surface area contributed by atoms with E-state index in [0.717, 1.165) is 21.5 Å². The Balaban J connectivity index is 1.93. The molecule has 0 N–H and O–H groups in total. The lowest BCUT2D eigenvalue weighted by Gasteiger charge is -2.20. The first-order chi connectivity index (χ1) is 9.36. The minimum atomic E-state index is 0.675. The molecule has 1 aliphatic rings. The summed E-state index contributed by atoms with van der Waals surface area (Å²) >= 11 is 1.85. The molecule has 0 saturated heterocycles. The van der Waals surface area contributed by atoms with E-state index in [1.807, 2.05) is 42.1 Å². The van der Waals surface area contributed by atoms with Crippen LogP contribution in [-0.2, 0) is 0 Å². The average molecular weight is 268 g/mol. The van der Waals surface area contributed by atoms with E-state index >= 15 is 0 Å². The second kappa shape index (κ2) is 5.63. The standard InChI is InChI=1S/C16H16N2S/c17-11-12-10-16(19-13-6-2-1-3-7-13)18-15-9-5-4-8-14(12)15/h4-5,8-10,13H,1-3,6-7H2. The second-order valence-electron chi connectivity index (χ2n) is 5.01. The summed E-state index contributed by atoms with van der Waals surface area (Å²) in [4.78, 5) is 4.69. The van der Waals surface area contributed by atoms with E-state index < -0.39 is 0 Å². The molecular weight excluding hydrogens is 252 g/mol. The van der Waals surface area contributed by atoms with Crippen molar-refractivity contribution in [1.29, 1.82) is 5.26 Å². The first kappa shape index (κ1) is 12.5. The quantitative estimate of drug-likeness (QED) is 0.802. The van der Waals surface area contributed by atoms with Crippen LogP contribution in [0.4, 0.5) is 0 Å². The summed E-state index contributed by atoms with van der Waals surface area (Å²) in [5, 5.41) is 11.9. The number of rotatable bonds is 2. The predicted molar refractivity (Wildman–Crippen MR) is 79.2 cm³/mol. The lowest BCUT2D eigenvalue weighted by atomic mass is 10.0. The Morgan fingerprint density at radius 3 is 2.74 bits per heavy atom. The first-order valence-electron chi connectivity index (χ1n) is 6.83. The minimum absolute atomic E-state index is 0.675. The summed E-state index contributed by atoms with van der Waals surface area (Å²) in [7, 11) is 0. The fourth-order valence-corrected chi connectivity index (χ4v) is 3.91. The summed E-state index contributed by atoms with van der Waals surface area (Å²) in [6.45, 7) is 0. The Morgan fingerprint density at radius 1 is 1.16 bits per heavy atom. The van der Waals surface area contributed by atoms with E-state index in [2.05, 4.69) is 11.1 Å². The van der Waals surface area contributed by atoms with E-state index in [4.69, 9.17) is 0 Å². The molecule has 0 aliphatic heterocycles. The van der Waals surface area contributed by atoms with Gasteiger partial charge >= 0.3 is 0 Å². The summed E-state index contributed by atoms with van der Waals surface area (Å²) < 4.78 is 0. The van der Waals surface area contributed by atoms with E-state index in [1.54, 1.807) is 0 Å². The molecule has 3 heteroatoms. The van der Waals surface area contributed by atoms with Gasteiger partial charge in [0, 0.05) is 10.6 Å². The van der Waals surface area contributed by atoms with Crippen LogP contribution in [0.3, 0.4) is 0 Å². The van der Waals surface area contributed by atoms with Gasteiger partial charge in [0.05, 0.1) is 22.2 Å². The highest BCUT2D eigenvalue weighted by molar-refractivity contribution is 7.99. The number of thioether (sulfide) groups is 1. The highest BCUT2D eigenvalue weighted by atomic mass is 32.2. The van der Waals surface area contributed by atoms with Gasteiger partial charge in [-0.25, -0.2) is 4.98 Å². The van der Waals surface area contributed by atoms with Crippen molar-refractivity contribution in [2.75, 3.05) is 0 Å². The number of pyridine rings is 1. The summed E-state index contributed by atoms with van der Waals surface area (Å²) in [5.74, 6) is 0. The Hall–Kier alpha value is -1.53. The topological polar surface area (TPSA) is 36.7 Å². The summed E-state index contributed by atoms with van der Waals surface area (Å²) in [6.07, 6.45) is 6.58. The molecule has 0 bridgehead atoms. The summed E-state index contributed by atoms with van der Waals surface area (Å²) in [6, 6.07) is 12.1. The molecule has 19 heavy (non-hydrogen) atoms. The van der Waals surface area contributed by atoms with Crippen LogP contribution in [0.25, 0.3) is 10.9 Å².